The molecule has 1 aliphatic carbocycles. The quantitative estimate of drug-likeness (QED) is 0.809. The molecule has 19 heavy (non-hydrogen) atoms. The highest BCUT2D eigenvalue weighted by Crippen LogP contribution is 2.44. The van der Waals surface area contributed by atoms with Gasteiger partial charge in [-0.15, -0.1) is 0 Å². The molecule has 3 N–H and O–H groups in total. The highest BCUT2D eigenvalue weighted by Gasteiger charge is 2.38. The van der Waals surface area contributed by atoms with Crippen molar-refractivity contribution in [3.63, 3.8) is 0 Å². The van der Waals surface area contributed by atoms with Crippen molar-refractivity contribution < 1.29 is 8.42 Å². The Balaban J connectivity index is 2.15. The lowest BCUT2D eigenvalue weighted by molar-refractivity contribution is 0.530. The third-order valence-electron chi connectivity index (χ3n) is 3.27. The van der Waals surface area contributed by atoms with Gasteiger partial charge in [0.2, 0.25) is 10.0 Å². The Bertz CT molecular complexity index is 622. The predicted molar refractivity (Wildman–Crippen MR) is 74.9 cm³/mol. The van der Waals surface area contributed by atoms with Crippen LogP contribution >= 0.6 is 0 Å². The Morgan fingerprint density at radius 2 is 2.16 bits per heavy atom. The first-order valence-electron chi connectivity index (χ1n) is 6.24. The van der Waals surface area contributed by atoms with Crippen LogP contribution in [0.2, 0.25) is 0 Å². The molecule has 0 spiro atoms. The molecule has 0 saturated heterocycles. The number of hydrogen-bond donors (Lipinski definition) is 2. The Labute approximate surface area is 114 Å². The number of rotatable bonds is 4. The molecule has 1 fully saturated rings. The molecule has 0 atom stereocenters. The molecule has 0 amide bonds. The fraction of sp³-hybridized carbons (Fsp3) is 0.429. The van der Waals surface area contributed by atoms with Crippen LogP contribution in [-0.4, -0.2) is 21.5 Å². The number of nitrogens with one attached hydrogen (secondary N) is 1. The minimum atomic E-state index is -3.45. The zero-order valence-electron chi connectivity index (χ0n) is 10.9. The van der Waals surface area contributed by atoms with Crippen LogP contribution in [0.1, 0.15) is 25.3 Å². The molecule has 0 heterocycles. The number of benzene rings is 1. The molecule has 102 valence electrons. The standard InChI is InChI=1S/C14H18N2O2S/c1-14(7-8-14)11-16-19(17,18)13-6-2-4-12(10-13)5-3-9-15/h2,4,6,10,16H,7-9,11,15H2,1H3. The number of hydrogen-bond acceptors (Lipinski definition) is 3. The summed E-state index contributed by atoms with van der Waals surface area (Å²) in [5.41, 5.74) is 6.10. The minimum absolute atomic E-state index is 0.143. The fourth-order valence-electron chi connectivity index (χ4n) is 1.64. The topological polar surface area (TPSA) is 72.2 Å². The van der Waals surface area contributed by atoms with Crippen LogP contribution in [0.3, 0.4) is 0 Å². The Kier molecular flexibility index (Phi) is 3.95. The van der Waals surface area contributed by atoms with Gasteiger partial charge in [-0.3, -0.25) is 0 Å². The zero-order valence-corrected chi connectivity index (χ0v) is 11.8. The summed E-state index contributed by atoms with van der Waals surface area (Å²) in [6.07, 6.45) is 2.16. The Hall–Kier alpha value is -1.35. The van der Waals surface area contributed by atoms with Crippen molar-refractivity contribution in [1.82, 2.24) is 4.72 Å². The van der Waals surface area contributed by atoms with Gasteiger partial charge in [0, 0.05) is 12.1 Å². The smallest absolute Gasteiger partial charge is 0.240 e. The maximum Gasteiger partial charge on any atom is 0.240 e. The molecule has 1 saturated carbocycles. The van der Waals surface area contributed by atoms with Gasteiger partial charge in [-0.1, -0.05) is 24.8 Å². The lowest BCUT2D eigenvalue weighted by atomic mass is 10.2. The average Bonchev–Trinajstić information content (AvgIpc) is 3.13. The van der Waals surface area contributed by atoms with Crippen molar-refractivity contribution in [2.45, 2.75) is 24.7 Å². The number of nitrogens with two attached hydrogens (primary N) is 1. The Morgan fingerprint density at radius 1 is 1.42 bits per heavy atom. The van der Waals surface area contributed by atoms with Crippen LogP contribution in [0, 0.1) is 17.3 Å². The molecule has 0 aliphatic heterocycles. The van der Waals surface area contributed by atoms with Gasteiger partial charge < -0.3 is 5.73 Å². The van der Waals surface area contributed by atoms with Gasteiger partial charge >= 0.3 is 0 Å². The second kappa shape index (κ2) is 5.33. The molecule has 1 aromatic rings. The first-order chi connectivity index (χ1) is 8.95. The summed E-state index contributed by atoms with van der Waals surface area (Å²) in [7, 11) is -3.45. The molecule has 1 aliphatic rings. The highest BCUT2D eigenvalue weighted by molar-refractivity contribution is 7.89. The van der Waals surface area contributed by atoms with E-state index in [1.54, 1.807) is 24.3 Å². The van der Waals surface area contributed by atoms with Crippen molar-refractivity contribution in [2.24, 2.45) is 11.1 Å². The third kappa shape index (κ3) is 3.80. The van der Waals surface area contributed by atoms with E-state index in [1.165, 1.54) is 0 Å². The summed E-state index contributed by atoms with van der Waals surface area (Å²) >= 11 is 0. The van der Waals surface area contributed by atoms with Crippen LogP contribution in [-0.2, 0) is 10.0 Å². The normalized spacial score (nSPS) is 16.5. The SMILES string of the molecule is CC1(CNS(=O)(=O)c2cccc(C#CCN)c2)CC1. The van der Waals surface area contributed by atoms with Crippen molar-refractivity contribution in [3.8, 4) is 11.8 Å². The van der Waals surface area contributed by atoms with Crippen LogP contribution < -0.4 is 10.5 Å². The van der Waals surface area contributed by atoms with Crippen LogP contribution in [0.4, 0.5) is 0 Å². The van der Waals surface area contributed by atoms with E-state index in [2.05, 4.69) is 23.5 Å². The predicted octanol–water partition coefficient (Wildman–Crippen LogP) is 1.08. The first kappa shape index (κ1) is 14.1. The van der Waals surface area contributed by atoms with Crippen LogP contribution in [0.25, 0.3) is 0 Å². The Morgan fingerprint density at radius 3 is 2.79 bits per heavy atom. The van der Waals surface area contributed by atoms with Crippen molar-refractivity contribution in [1.29, 1.82) is 0 Å². The van der Waals surface area contributed by atoms with Crippen LogP contribution in [0.5, 0.6) is 0 Å². The summed E-state index contributed by atoms with van der Waals surface area (Å²) < 4.78 is 27.0. The average molecular weight is 278 g/mol. The van der Waals surface area contributed by atoms with E-state index in [0.29, 0.717) is 12.1 Å². The summed E-state index contributed by atoms with van der Waals surface area (Å²) in [6, 6.07) is 6.60. The fourth-order valence-corrected chi connectivity index (χ4v) is 2.88. The molecule has 4 nitrogen and oxygen atoms in total. The van der Waals surface area contributed by atoms with Gasteiger partial charge in [0.15, 0.2) is 0 Å². The van der Waals surface area contributed by atoms with Crippen molar-refractivity contribution >= 4 is 10.0 Å². The summed E-state index contributed by atoms with van der Waals surface area (Å²) in [6.45, 7) is 2.83. The van der Waals surface area contributed by atoms with Gasteiger partial charge in [0.1, 0.15) is 0 Å². The van der Waals surface area contributed by atoms with Gasteiger partial charge in [-0.05, 0) is 36.5 Å². The van der Waals surface area contributed by atoms with E-state index >= 15 is 0 Å². The van der Waals surface area contributed by atoms with E-state index < -0.39 is 10.0 Å². The highest BCUT2D eigenvalue weighted by atomic mass is 32.2. The molecule has 0 aromatic heterocycles. The van der Waals surface area contributed by atoms with Crippen molar-refractivity contribution in [2.75, 3.05) is 13.1 Å². The first-order valence-corrected chi connectivity index (χ1v) is 7.72. The molecular weight excluding hydrogens is 260 g/mol. The number of sulfonamides is 1. The summed E-state index contributed by atoms with van der Waals surface area (Å²) in [4.78, 5) is 0.251. The van der Waals surface area contributed by atoms with Gasteiger partial charge in [0.05, 0.1) is 11.4 Å². The monoisotopic (exact) mass is 278 g/mol. The van der Waals surface area contributed by atoms with Crippen LogP contribution in [0.15, 0.2) is 29.2 Å². The molecule has 5 heteroatoms. The molecule has 1 aromatic carbocycles. The van der Waals surface area contributed by atoms with E-state index in [1.807, 2.05) is 0 Å². The molecule has 0 unspecified atom stereocenters. The van der Waals surface area contributed by atoms with Gasteiger partial charge in [0.25, 0.3) is 0 Å². The lowest BCUT2D eigenvalue weighted by Gasteiger charge is -2.11. The van der Waals surface area contributed by atoms with Gasteiger partial charge in [-0.2, -0.15) is 0 Å². The zero-order chi connectivity index (χ0) is 13.9. The maximum atomic E-state index is 12.1. The van der Waals surface area contributed by atoms with Gasteiger partial charge in [-0.25, -0.2) is 13.1 Å². The molecule has 2 rings (SSSR count). The maximum absolute atomic E-state index is 12.1. The van der Waals surface area contributed by atoms with E-state index in [4.69, 9.17) is 5.73 Å². The second-order valence-corrected chi connectivity index (χ2v) is 6.94. The third-order valence-corrected chi connectivity index (χ3v) is 4.67. The minimum Gasteiger partial charge on any atom is -0.320 e. The van der Waals surface area contributed by atoms with E-state index in [-0.39, 0.29) is 16.9 Å². The molecular formula is C14H18N2O2S. The van der Waals surface area contributed by atoms with E-state index in [9.17, 15) is 8.42 Å². The van der Waals surface area contributed by atoms with Crippen molar-refractivity contribution in [3.05, 3.63) is 29.8 Å². The second-order valence-electron chi connectivity index (χ2n) is 5.17. The largest absolute Gasteiger partial charge is 0.320 e. The molecule has 0 bridgehead atoms. The van der Waals surface area contributed by atoms with E-state index in [0.717, 1.165) is 12.8 Å². The summed E-state index contributed by atoms with van der Waals surface area (Å²) in [5.74, 6) is 5.55. The summed E-state index contributed by atoms with van der Waals surface area (Å²) in [5, 5.41) is 0. The molecule has 0 radical (unpaired) electrons. The lowest BCUT2D eigenvalue weighted by Crippen LogP contribution is -2.29.